The first-order valence-corrected chi connectivity index (χ1v) is 6.46. The summed E-state index contributed by atoms with van der Waals surface area (Å²) in [6.45, 7) is 1.94. The fraction of sp³-hybridized carbons (Fsp3) is 0.133. The van der Waals surface area contributed by atoms with Gasteiger partial charge in [0.25, 0.3) is 0 Å². The van der Waals surface area contributed by atoms with Crippen LogP contribution in [-0.4, -0.2) is 20.2 Å². The lowest BCUT2D eigenvalue weighted by Crippen LogP contribution is -2.11. The van der Waals surface area contributed by atoms with Crippen LogP contribution in [0.4, 0.5) is 0 Å². The maximum Gasteiger partial charge on any atom is 0.205 e. The molecule has 0 saturated heterocycles. The molecule has 0 radical (unpaired) electrons. The summed E-state index contributed by atoms with van der Waals surface area (Å²) in [6.07, 6.45) is 0. The molecule has 0 saturated carbocycles. The van der Waals surface area contributed by atoms with E-state index in [9.17, 15) is 0 Å². The van der Waals surface area contributed by atoms with Crippen LogP contribution >= 0.6 is 0 Å². The van der Waals surface area contributed by atoms with Gasteiger partial charge in [-0.3, -0.25) is 0 Å². The Morgan fingerprint density at radius 1 is 1.00 bits per heavy atom. The minimum absolute atomic E-state index is 0.0858. The second-order valence-electron chi connectivity index (χ2n) is 4.62. The Kier molecular flexibility index (Phi) is 3.26. The number of hydrogen-bond donors (Lipinski definition) is 1. The van der Waals surface area contributed by atoms with Gasteiger partial charge in [-0.05, 0) is 23.8 Å². The Balaban J connectivity index is 2.03. The first-order valence-electron chi connectivity index (χ1n) is 6.46. The number of benzene rings is 2. The van der Waals surface area contributed by atoms with E-state index in [4.69, 9.17) is 5.73 Å². The van der Waals surface area contributed by atoms with Crippen molar-refractivity contribution < 1.29 is 0 Å². The average molecular weight is 265 g/mol. The molecule has 0 aliphatic rings. The van der Waals surface area contributed by atoms with Crippen molar-refractivity contribution in [3.05, 3.63) is 60.2 Å². The molecule has 0 fully saturated rings. The number of hydrogen-bond acceptors (Lipinski definition) is 4. The van der Waals surface area contributed by atoms with Crippen LogP contribution in [0.3, 0.4) is 0 Å². The van der Waals surface area contributed by atoms with Crippen molar-refractivity contribution in [2.75, 3.05) is 0 Å². The van der Waals surface area contributed by atoms with Gasteiger partial charge in [0.2, 0.25) is 5.82 Å². The number of nitrogens with two attached hydrogens (primary N) is 1. The molecule has 5 nitrogen and oxygen atoms in total. The van der Waals surface area contributed by atoms with E-state index >= 15 is 0 Å². The number of nitrogens with zero attached hydrogens (tertiary/aromatic N) is 4. The molecule has 3 rings (SSSR count). The van der Waals surface area contributed by atoms with Gasteiger partial charge in [0, 0.05) is 11.6 Å². The van der Waals surface area contributed by atoms with E-state index in [2.05, 4.69) is 15.4 Å². The number of aromatic nitrogens is 4. The van der Waals surface area contributed by atoms with Gasteiger partial charge < -0.3 is 5.73 Å². The first-order chi connectivity index (χ1) is 9.75. The van der Waals surface area contributed by atoms with Gasteiger partial charge >= 0.3 is 0 Å². The number of rotatable bonds is 3. The van der Waals surface area contributed by atoms with Crippen molar-refractivity contribution in [1.82, 2.24) is 20.2 Å². The van der Waals surface area contributed by atoms with Gasteiger partial charge in [-0.15, -0.1) is 15.0 Å². The van der Waals surface area contributed by atoms with Crippen molar-refractivity contribution in [2.45, 2.75) is 13.0 Å². The molecule has 0 amide bonds. The van der Waals surface area contributed by atoms with E-state index in [1.807, 2.05) is 61.5 Å². The fourth-order valence-corrected chi connectivity index (χ4v) is 2.07. The van der Waals surface area contributed by atoms with Crippen LogP contribution in [0.5, 0.6) is 0 Å². The van der Waals surface area contributed by atoms with Crippen molar-refractivity contribution in [2.24, 2.45) is 5.73 Å². The molecule has 2 aromatic carbocycles. The SMILES string of the molecule is C[C@H](N)c1ccccc1-n1nnc(-c2ccccc2)n1. The monoisotopic (exact) mass is 265 g/mol. The molecule has 3 aromatic rings. The molecular weight excluding hydrogens is 250 g/mol. The Morgan fingerprint density at radius 3 is 2.45 bits per heavy atom. The summed E-state index contributed by atoms with van der Waals surface area (Å²) in [7, 11) is 0. The Morgan fingerprint density at radius 2 is 1.70 bits per heavy atom. The highest BCUT2D eigenvalue weighted by Gasteiger charge is 2.12. The standard InChI is InChI=1S/C15H15N5/c1-11(16)13-9-5-6-10-14(13)20-18-15(17-19-20)12-7-3-2-4-8-12/h2-11H,16H2,1H3/t11-/m0/s1. The maximum atomic E-state index is 5.98. The van der Waals surface area contributed by atoms with Crippen LogP contribution in [-0.2, 0) is 0 Å². The Labute approximate surface area is 117 Å². The molecule has 2 N–H and O–H groups in total. The largest absolute Gasteiger partial charge is 0.324 e. The minimum Gasteiger partial charge on any atom is -0.324 e. The predicted octanol–water partition coefficient (Wildman–Crippen LogP) is 2.35. The summed E-state index contributed by atoms with van der Waals surface area (Å²) in [6, 6.07) is 17.5. The molecule has 0 unspecified atom stereocenters. The fourth-order valence-electron chi connectivity index (χ4n) is 2.07. The molecule has 5 heteroatoms. The van der Waals surface area contributed by atoms with Gasteiger partial charge in [0.1, 0.15) is 0 Å². The number of para-hydroxylation sites is 1. The molecule has 1 heterocycles. The topological polar surface area (TPSA) is 69.6 Å². The Hall–Kier alpha value is -2.53. The van der Waals surface area contributed by atoms with Crippen LogP contribution in [0.25, 0.3) is 17.1 Å². The third-order valence-electron chi connectivity index (χ3n) is 3.09. The predicted molar refractivity (Wildman–Crippen MR) is 77.2 cm³/mol. The van der Waals surface area contributed by atoms with Crippen LogP contribution in [0.15, 0.2) is 54.6 Å². The first kappa shape index (κ1) is 12.5. The normalized spacial score (nSPS) is 12.3. The van der Waals surface area contributed by atoms with Gasteiger partial charge in [-0.1, -0.05) is 48.5 Å². The molecule has 0 bridgehead atoms. The summed E-state index contributed by atoms with van der Waals surface area (Å²) in [5.74, 6) is 0.602. The molecular formula is C15H15N5. The molecule has 0 spiro atoms. The van der Waals surface area contributed by atoms with E-state index in [0.717, 1.165) is 16.8 Å². The van der Waals surface area contributed by atoms with Crippen LogP contribution in [0.1, 0.15) is 18.5 Å². The Bertz CT molecular complexity index is 703. The van der Waals surface area contributed by atoms with Gasteiger partial charge in [-0.2, -0.15) is 0 Å². The highest BCUT2D eigenvalue weighted by molar-refractivity contribution is 5.53. The summed E-state index contributed by atoms with van der Waals surface area (Å²) in [4.78, 5) is 1.53. The van der Waals surface area contributed by atoms with Crippen molar-refractivity contribution >= 4 is 0 Å². The molecule has 100 valence electrons. The average Bonchev–Trinajstić information content (AvgIpc) is 2.98. The second kappa shape index (κ2) is 5.22. The van der Waals surface area contributed by atoms with E-state index in [1.165, 1.54) is 4.80 Å². The summed E-state index contributed by atoms with van der Waals surface area (Å²) in [5.41, 5.74) is 8.77. The van der Waals surface area contributed by atoms with Crippen LogP contribution in [0, 0.1) is 0 Å². The zero-order valence-electron chi connectivity index (χ0n) is 11.1. The number of tetrazole rings is 1. The third-order valence-corrected chi connectivity index (χ3v) is 3.09. The molecule has 1 atom stereocenters. The smallest absolute Gasteiger partial charge is 0.205 e. The van der Waals surface area contributed by atoms with E-state index < -0.39 is 0 Å². The van der Waals surface area contributed by atoms with Crippen molar-refractivity contribution in [3.63, 3.8) is 0 Å². The van der Waals surface area contributed by atoms with Gasteiger partial charge in [0.15, 0.2) is 0 Å². The highest BCUT2D eigenvalue weighted by atomic mass is 15.6. The summed E-state index contributed by atoms with van der Waals surface area (Å²) in [5, 5.41) is 12.7. The lowest BCUT2D eigenvalue weighted by atomic mass is 10.1. The zero-order valence-corrected chi connectivity index (χ0v) is 11.1. The van der Waals surface area contributed by atoms with Gasteiger partial charge in [0.05, 0.1) is 5.69 Å². The van der Waals surface area contributed by atoms with E-state index in [-0.39, 0.29) is 6.04 Å². The summed E-state index contributed by atoms with van der Waals surface area (Å²) >= 11 is 0. The van der Waals surface area contributed by atoms with Gasteiger partial charge in [-0.25, -0.2) is 0 Å². The molecule has 20 heavy (non-hydrogen) atoms. The highest BCUT2D eigenvalue weighted by Crippen LogP contribution is 2.19. The quantitative estimate of drug-likeness (QED) is 0.789. The van der Waals surface area contributed by atoms with Crippen molar-refractivity contribution in [3.8, 4) is 17.1 Å². The second-order valence-corrected chi connectivity index (χ2v) is 4.62. The maximum absolute atomic E-state index is 5.98. The lowest BCUT2D eigenvalue weighted by Gasteiger charge is -2.10. The zero-order chi connectivity index (χ0) is 13.9. The van der Waals surface area contributed by atoms with E-state index in [1.54, 1.807) is 0 Å². The van der Waals surface area contributed by atoms with Crippen LogP contribution < -0.4 is 5.73 Å². The minimum atomic E-state index is -0.0858. The van der Waals surface area contributed by atoms with Crippen molar-refractivity contribution in [1.29, 1.82) is 0 Å². The van der Waals surface area contributed by atoms with E-state index in [0.29, 0.717) is 5.82 Å². The lowest BCUT2D eigenvalue weighted by molar-refractivity contribution is 0.695. The van der Waals surface area contributed by atoms with Crippen LogP contribution in [0.2, 0.25) is 0 Å². The molecule has 0 aliphatic heterocycles. The molecule has 1 aromatic heterocycles. The summed E-state index contributed by atoms with van der Waals surface area (Å²) < 4.78 is 0. The third kappa shape index (κ3) is 2.31. The molecule has 0 aliphatic carbocycles.